The van der Waals surface area contributed by atoms with Gasteiger partial charge in [-0.1, -0.05) is 13.3 Å². The summed E-state index contributed by atoms with van der Waals surface area (Å²) in [6, 6.07) is 0.192. The largest absolute Gasteiger partial charge is 0.393 e. The molecule has 1 fully saturated rings. The second kappa shape index (κ2) is 6.97. The molecule has 4 heteroatoms. The number of unbranched alkanes of at least 4 members (excludes halogenated alkanes) is 1. The van der Waals surface area contributed by atoms with E-state index in [1.807, 2.05) is 6.92 Å². The van der Waals surface area contributed by atoms with Gasteiger partial charge < -0.3 is 15.3 Å². The minimum absolute atomic E-state index is 0.0247. The Labute approximate surface area is 104 Å². The maximum atomic E-state index is 11.1. The molecule has 3 unspecified atom stereocenters. The zero-order valence-corrected chi connectivity index (χ0v) is 11.3. The predicted molar refractivity (Wildman–Crippen MR) is 68.7 cm³/mol. The molecule has 0 saturated carbocycles. The van der Waals surface area contributed by atoms with Crippen molar-refractivity contribution in [3.63, 3.8) is 0 Å². The number of nitrogens with zero attached hydrogens (tertiary/aromatic N) is 1. The van der Waals surface area contributed by atoms with Crippen molar-refractivity contribution in [3.05, 3.63) is 0 Å². The standard InChI is InChI=1S/C13H26N2O2/c1-4-5-6-15-8-12(10(2)16)7-13(9-15)14-11(3)17/h10,12-13,16H,4-9H2,1-3H3,(H,14,17). The summed E-state index contributed by atoms with van der Waals surface area (Å²) in [5, 5.41) is 12.7. The molecule has 1 heterocycles. The van der Waals surface area contributed by atoms with E-state index in [0.29, 0.717) is 0 Å². The first-order chi connectivity index (χ1) is 8.02. The highest BCUT2D eigenvalue weighted by Gasteiger charge is 2.29. The van der Waals surface area contributed by atoms with Gasteiger partial charge in [0.2, 0.25) is 5.91 Å². The number of piperidine rings is 1. The number of carbonyl (C=O) groups excluding carboxylic acids is 1. The van der Waals surface area contributed by atoms with E-state index >= 15 is 0 Å². The molecule has 1 saturated heterocycles. The molecule has 0 radical (unpaired) electrons. The summed E-state index contributed by atoms with van der Waals surface area (Å²) in [4.78, 5) is 13.5. The first-order valence-corrected chi connectivity index (χ1v) is 6.70. The van der Waals surface area contributed by atoms with Gasteiger partial charge in [0.1, 0.15) is 0 Å². The van der Waals surface area contributed by atoms with Gasteiger partial charge in [0.25, 0.3) is 0 Å². The Morgan fingerprint density at radius 1 is 1.53 bits per heavy atom. The van der Waals surface area contributed by atoms with Crippen LogP contribution in [0.15, 0.2) is 0 Å². The molecular weight excluding hydrogens is 216 g/mol. The number of carbonyl (C=O) groups is 1. The van der Waals surface area contributed by atoms with E-state index in [9.17, 15) is 9.90 Å². The van der Waals surface area contributed by atoms with Crippen LogP contribution < -0.4 is 5.32 Å². The molecule has 17 heavy (non-hydrogen) atoms. The van der Waals surface area contributed by atoms with Gasteiger partial charge in [-0.2, -0.15) is 0 Å². The van der Waals surface area contributed by atoms with Crippen molar-refractivity contribution in [1.82, 2.24) is 10.2 Å². The van der Waals surface area contributed by atoms with Crippen LogP contribution in [0, 0.1) is 5.92 Å². The molecule has 1 rings (SSSR count). The highest BCUT2D eigenvalue weighted by Crippen LogP contribution is 2.20. The molecule has 0 aromatic rings. The normalized spacial score (nSPS) is 27.8. The molecule has 4 nitrogen and oxygen atoms in total. The quantitative estimate of drug-likeness (QED) is 0.756. The molecule has 1 aliphatic heterocycles. The predicted octanol–water partition coefficient (Wildman–Crippen LogP) is 0.994. The lowest BCUT2D eigenvalue weighted by atomic mass is 9.90. The summed E-state index contributed by atoms with van der Waals surface area (Å²) in [5.74, 6) is 0.300. The Kier molecular flexibility index (Phi) is 5.92. The first-order valence-electron chi connectivity index (χ1n) is 6.70. The topological polar surface area (TPSA) is 52.6 Å². The monoisotopic (exact) mass is 242 g/mol. The molecule has 0 spiro atoms. The fraction of sp³-hybridized carbons (Fsp3) is 0.923. The highest BCUT2D eigenvalue weighted by molar-refractivity contribution is 5.73. The number of nitrogens with one attached hydrogen (secondary N) is 1. The fourth-order valence-corrected chi connectivity index (χ4v) is 2.54. The molecule has 1 aliphatic rings. The van der Waals surface area contributed by atoms with Crippen LogP contribution in [0.25, 0.3) is 0 Å². The maximum absolute atomic E-state index is 11.1. The van der Waals surface area contributed by atoms with Gasteiger partial charge in [0.15, 0.2) is 0 Å². The van der Waals surface area contributed by atoms with Crippen LogP contribution in [0.5, 0.6) is 0 Å². The number of amides is 1. The molecular formula is C13H26N2O2. The van der Waals surface area contributed by atoms with E-state index in [0.717, 1.165) is 26.1 Å². The number of rotatable bonds is 5. The van der Waals surface area contributed by atoms with Gasteiger partial charge in [0, 0.05) is 26.1 Å². The van der Waals surface area contributed by atoms with E-state index in [4.69, 9.17) is 0 Å². The van der Waals surface area contributed by atoms with Gasteiger partial charge in [-0.25, -0.2) is 0 Å². The summed E-state index contributed by atoms with van der Waals surface area (Å²) in [6.07, 6.45) is 2.95. The molecule has 2 N–H and O–H groups in total. The fourth-order valence-electron chi connectivity index (χ4n) is 2.54. The smallest absolute Gasteiger partial charge is 0.217 e. The molecule has 0 aromatic heterocycles. The van der Waals surface area contributed by atoms with Crippen LogP contribution in [0.4, 0.5) is 0 Å². The lowest BCUT2D eigenvalue weighted by Crippen LogP contribution is -2.52. The molecule has 3 atom stereocenters. The number of hydrogen-bond acceptors (Lipinski definition) is 3. The van der Waals surface area contributed by atoms with E-state index in [-0.39, 0.29) is 24.0 Å². The lowest BCUT2D eigenvalue weighted by Gasteiger charge is -2.39. The van der Waals surface area contributed by atoms with E-state index in [1.54, 1.807) is 6.92 Å². The molecule has 0 aromatic carbocycles. The van der Waals surface area contributed by atoms with Gasteiger partial charge >= 0.3 is 0 Å². The maximum Gasteiger partial charge on any atom is 0.217 e. The van der Waals surface area contributed by atoms with Crippen molar-refractivity contribution in [2.24, 2.45) is 5.92 Å². The van der Waals surface area contributed by atoms with Crippen molar-refractivity contribution in [3.8, 4) is 0 Å². The number of aliphatic hydroxyl groups excluding tert-OH is 1. The van der Waals surface area contributed by atoms with Crippen molar-refractivity contribution in [2.75, 3.05) is 19.6 Å². The van der Waals surface area contributed by atoms with Crippen molar-refractivity contribution < 1.29 is 9.90 Å². The molecule has 0 bridgehead atoms. The van der Waals surface area contributed by atoms with Crippen molar-refractivity contribution in [1.29, 1.82) is 0 Å². The van der Waals surface area contributed by atoms with Crippen LogP contribution in [0.2, 0.25) is 0 Å². The third kappa shape index (κ3) is 5.04. The van der Waals surface area contributed by atoms with Crippen LogP contribution in [-0.4, -0.2) is 47.7 Å². The van der Waals surface area contributed by atoms with E-state index in [2.05, 4.69) is 17.1 Å². The SMILES string of the molecule is CCCCN1CC(NC(C)=O)CC(C(C)O)C1. The average Bonchev–Trinajstić information content (AvgIpc) is 2.25. The summed E-state index contributed by atoms with van der Waals surface area (Å²) >= 11 is 0. The minimum atomic E-state index is -0.296. The summed E-state index contributed by atoms with van der Waals surface area (Å²) < 4.78 is 0. The molecule has 1 amide bonds. The lowest BCUT2D eigenvalue weighted by molar-refractivity contribution is -0.120. The van der Waals surface area contributed by atoms with Crippen LogP contribution in [0.1, 0.15) is 40.0 Å². The van der Waals surface area contributed by atoms with Gasteiger partial charge in [-0.05, 0) is 32.2 Å². The molecule has 100 valence electrons. The average molecular weight is 242 g/mol. The van der Waals surface area contributed by atoms with Gasteiger partial charge in [0.05, 0.1) is 6.10 Å². The Hall–Kier alpha value is -0.610. The second-order valence-corrected chi connectivity index (χ2v) is 5.25. The summed E-state index contributed by atoms with van der Waals surface area (Å²) in [6.45, 7) is 8.52. The van der Waals surface area contributed by atoms with Crippen LogP contribution >= 0.6 is 0 Å². The highest BCUT2D eigenvalue weighted by atomic mass is 16.3. The Morgan fingerprint density at radius 2 is 2.24 bits per heavy atom. The third-order valence-electron chi connectivity index (χ3n) is 3.48. The Balaban J connectivity index is 2.52. The zero-order valence-electron chi connectivity index (χ0n) is 11.3. The third-order valence-corrected chi connectivity index (χ3v) is 3.48. The Morgan fingerprint density at radius 3 is 2.76 bits per heavy atom. The zero-order chi connectivity index (χ0) is 12.8. The summed E-state index contributed by atoms with van der Waals surface area (Å²) in [5.41, 5.74) is 0. The number of hydrogen-bond donors (Lipinski definition) is 2. The van der Waals surface area contributed by atoms with Gasteiger partial charge in [-0.15, -0.1) is 0 Å². The molecule has 0 aliphatic carbocycles. The second-order valence-electron chi connectivity index (χ2n) is 5.25. The van der Waals surface area contributed by atoms with Crippen LogP contribution in [0.3, 0.4) is 0 Å². The van der Waals surface area contributed by atoms with Crippen molar-refractivity contribution >= 4 is 5.91 Å². The van der Waals surface area contributed by atoms with E-state index < -0.39 is 0 Å². The van der Waals surface area contributed by atoms with Crippen molar-refractivity contribution in [2.45, 2.75) is 52.2 Å². The number of aliphatic hydroxyl groups is 1. The first kappa shape index (κ1) is 14.5. The van der Waals surface area contributed by atoms with Crippen LogP contribution in [-0.2, 0) is 4.79 Å². The van der Waals surface area contributed by atoms with E-state index in [1.165, 1.54) is 12.8 Å². The minimum Gasteiger partial charge on any atom is -0.393 e. The van der Waals surface area contributed by atoms with Gasteiger partial charge in [-0.3, -0.25) is 4.79 Å². The number of likely N-dealkylation sites (tertiary alicyclic amines) is 1. The summed E-state index contributed by atoms with van der Waals surface area (Å²) in [7, 11) is 0. The Bertz CT molecular complexity index is 244.